The van der Waals surface area contributed by atoms with E-state index in [-0.39, 0.29) is 0 Å². The maximum Gasteiger partial charge on any atom is 0.174 e. The van der Waals surface area contributed by atoms with Crippen LogP contribution in [0.2, 0.25) is 5.02 Å². The van der Waals surface area contributed by atoms with Crippen LogP contribution in [0, 0.1) is 18.3 Å². The molecule has 0 aliphatic heterocycles. The summed E-state index contributed by atoms with van der Waals surface area (Å²) in [6.07, 6.45) is 0. The van der Waals surface area contributed by atoms with Gasteiger partial charge in [0.2, 0.25) is 0 Å². The molecule has 1 aromatic heterocycles. The molecule has 0 aliphatic rings. The van der Waals surface area contributed by atoms with Crippen LogP contribution in [-0.4, -0.2) is 10.2 Å². The van der Waals surface area contributed by atoms with Crippen molar-refractivity contribution in [1.29, 1.82) is 5.26 Å². The molecule has 3 nitrogen and oxygen atoms in total. The van der Waals surface area contributed by atoms with Crippen LogP contribution < -0.4 is 0 Å². The summed E-state index contributed by atoms with van der Waals surface area (Å²) in [5.74, 6) is 0.735. The minimum absolute atomic E-state index is 0.579. The third-order valence-electron chi connectivity index (χ3n) is 2.04. The molecule has 0 saturated carbocycles. The van der Waals surface area contributed by atoms with Gasteiger partial charge in [-0.1, -0.05) is 40.8 Å². The number of rotatable bonds is 3. The van der Waals surface area contributed by atoms with E-state index in [1.54, 1.807) is 35.2 Å². The number of hydrogen-bond acceptors (Lipinski definition) is 5. The summed E-state index contributed by atoms with van der Waals surface area (Å²) in [7, 11) is 0. The third-order valence-corrected chi connectivity index (χ3v) is 4.41. The third kappa shape index (κ3) is 3.19. The fourth-order valence-electron chi connectivity index (χ4n) is 1.21. The van der Waals surface area contributed by atoms with Gasteiger partial charge < -0.3 is 0 Å². The summed E-state index contributed by atoms with van der Waals surface area (Å²) >= 11 is 9.25. The molecular formula is C11H8ClN3S2. The minimum atomic E-state index is 0.579. The van der Waals surface area contributed by atoms with Crippen LogP contribution in [0.5, 0.6) is 0 Å². The number of nitriles is 1. The van der Waals surface area contributed by atoms with E-state index in [0.717, 1.165) is 20.7 Å². The molecule has 0 atom stereocenters. The lowest BCUT2D eigenvalue weighted by Crippen LogP contribution is -1.84. The number of nitrogens with zero attached hydrogens (tertiary/aromatic N) is 3. The average molecular weight is 282 g/mol. The summed E-state index contributed by atoms with van der Waals surface area (Å²) in [6, 6.07) is 7.39. The van der Waals surface area contributed by atoms with Crippen LogP contribution in [0.1, 0.15) is 16.1 Å². The van der Waals surface area contributed by atoms with Gasteiger partial charge in [0.05, 0.1) is 11.6 Å². The Labute approximate surface area is 112 Å². The summed E-state index contributed by atoms with van der Waals surface area (Å²) in [5, 5.41) is 18.3. The number of aryl methyl sites for hydroxylation is 1. The van der Waals surface area contributed by atoms with Crippen LogP contribution >= 0.6 is 34.7 Å². The lowest BCUT2D eigenvalue weighted by atomic mass is 10.2. The highest BCUT2D eigenvalue weighted by atomic mass is 35.5. The van der Waals surface area contributed by atoms with E-state index in [1.165, 1.54) is 0 Å². The molecule has 1 aromatic carbocycles. The summed E-state index contributed by atoms with van der Waals surface area (Å²) in [4.78, 5) is 0. The average Bonchev–Trinajstić information content (AvgIpc) is 2.73. The van der Waals surface area contributed by atoms with Crippen LogP contribution in [0.15, 0.2) is 22.5 Å². The van der Waals surface area contributed by atoms with Gasteiger partial charge in [-0.05, 0) is 24.6 Å². The molecule has 86 valence electrons. The second-order valence-corrected chi connectivity index (χ2v) is 6.10. The standard InChI is InChI=1S/C11H8ClN3S2/c1-7-14-15-11(17-7)16-6-9-3-2-8(5-13)4-10(9)12/h2-4H,6H2,1H3. The monoisotopic (exact) mass is 281 g/mol. The van der Waals surface area contributed by atoms with Gasteiger partial charge in [0.25, 0.3) is 0 Å². The lowest BCUT2D eigenvalue weighted by molar-refractivity contribution is 0.983. The quantitative estimate of drug-likeness (QED) is 0.806. The first-order chi connectivity index (χ1) is 8.19. The molecule has 0 fully saturated rings. The zero-order chi connectivity index (χ0) is 12.3. The Balaban J connectivity index is 2.07. The molecule has 0 radical (unpaired) electrons. The first-order valence-corrected chi connectivity index (χ1v) is 6.98. The van der Waals surface area contributed by atoms with Gasteiger partial charge in [-0.2, -0.15) is 5.26 Å². The second-order valence-electron chi connectivity index (χ2n) is 3.29. The lowest BCUT2D eigenvalue weighted by Gasteiger charge is -2.02. The first-order valence-electron chi connectivity index (χ1n) is 4.80. The molecule has 2 rings (SSSR count). The molecule has 0 N–H and O–H groups in total. The maximum atomic E-state index is 8.73. The van der Waals surface area contributed by atoms with Gasteiger partial charge in [0, 0.05) is 10.8 Å². The van der Waals surface area contributed by atoms with Crippen LogP contribution in [0.25, 0.3) is 0 Å². The first kappa shape index (κ1) is 12.4. The molecular weight excluding hydrogens is 274 g/mol. The van der Waals surface area contributed by atoms with Gasteiger partial charge in [-0.25, -0.2) is 0 Å². The number of hydrogen-bond donors (Lipinski definition) is 0. The van der Waals surface area contributed by atoms with Gasteiger partial charge in [0.15, 0.2) is 4.34 Å². The molecule has 1 heterocycles. The Kier molecular flexibility index (Phi) is 4.00. The molecule has 17 heavy (non-hydrogen) atoms. The molecule has 6 heteroatoms. The molecule has 0 saturated heterocycles. The zero-order valence-electron chi connectivity index (χ0n) is 8.98. The summed E-state index contributed by atoms with van der Waals surface area (Å²) in [5.41, 5.74) is 1.58. The Morgan fingerprint density at radius 1 is 1.47 bits per heavy atom. The highest BCUT2D eigenvalue weighted by Gasteiger charge is 2.05. The number of aromatic nitrogens is 2. The SMILES string of the molecule is Cc1nnc(SCc2ccc(C#N)cc2Cl)s1. The molecule has 0 aliphatic carbocycles. The van der Waals surface area contributed by atoms with Crippen molar-refractivity contribution in [2.24, 2.45) is 0 Å². The number of halogens is 1. The second kappa shape index (κ2) is 5.50. The van der Waals surface area contributed by atoms with Gasteiger partial charge in [-0.15, -0.1) is 10.2 Å². The van der Waals surface area contributed by atoms with Crippen LogP contribution in [-0.2, 0) is 5.75 Å². The summed E-state index contributed by atoms with van der Waals surface area (Å²) < 4.78 is 0.933. The van der Waals surface area contributed by atoms with E-state index in [2.05, 4.69) is 16.3 Å². The van der Waals surface area contributed by atoms with Crippen molar-refractivity contribution in [1.82, 2.24) is 10.2 Å². The zero-order valence-corrected chi connectivity index (χ0v) is 11.4. The predicted octanol–water partition coefficient (Wildman–Crippen LogP) is 3.66. The van der Waals surface area contributed by atoms with Crippen molar-refractivity contribution in [2.45, 2.75) is 17.0 Å². The van der Waals surface area contributed by atoms with Crippen molar-refractivity contribution in [2.75, 3.05) is 0 Å². The fraction of sp³-hybridized carbons (Fsp3) is 0.182. The van der Waals surface area contributed by atoms with E-state index in [9.17, 15) is 0 Å². The Morgan fingerprint density at radius 2 is 2.29 bits per heavy atom. The number of benzene rings is 1. The van der Waals surface area contributed by atoms with E-state index < -0.39 is 0 Å². The van der Waals surface area contributed by atoms with Crippen molar-refractivity contribution in [3.05, 3.63) is 39.4 Å². The Hall–Kier alpha value is -1.09. The largest absolute Gasteiger partial charge is 0.192 e. The van der Waals surface area contributed by atoms with E-state index >= 15 is 0 Å². The maximum absolute atomic E-state index is 8.73. The van der Waals surface area contributed by atoms with E-state index in [1.807, 2.05) is 13.0 Å². The normalized spacial score (nSPS) is 10.2. The topological polar surface area (TPSA) is 49.6 Å². The van der Waals surface area contributed by atoms with Gasteiger partial charge >= 0.3 is 0 Å². The summed E-state index contributed by atoms with van der Waals surface area (Å²) in [6.45, 7) is 1.93. The van der Waals surface area contributed by atoms with E-state index in [4.69, 9.17) is 16.9 Å². The highest BCUT2D eigenvalue weighted by molar-refractivity contribution is 8.00. The van der Waals surface area contributed by atoms with Crippen molar-refractivity contribution < 1.29 is 0 Å². The van der Waals surface area contributed by atoms with Crippen molar-refractivity contribution >= 4 is 34.7 Å². The highest BCUT2D eigenvalue weighted by Crippen LogP contribution is 2.28. The van der Waals surface area contributed by atoms with Crippen LogP contribution in [0.4, 0.5) is 0 Å². The smallest absolute Gasteiger partial charge is 0.174 e. The van der Waals surface area contributed by atoms with Crippen molar-refractivity contribution in [3.8, 4) is 6.07 Å². The Bertz CT molecular complexity index is 574. The molecule has 0 unspecified atom stereocenters. The molecule has 0 amide bonds. The molecule has 2 aromatic rings. The molecule has 0 bridgehead atoms. The van der Waals surface area contributed by atoms with Gasteiger partial charge in [-0.3, -0.25) is 0 Å². The number of thioether (sulfide) groups is 1. The Morgan fingerprint density at radius 3 is 2.88 bits per heavy atom. The van der Waals surface area contributed by atoms with Crippen molar-refractivity contribution in [3.63, 3.8) is 0 Å². The predicted molar refractivity (Wildman–Crippen MR) is 70.4 cm³/mol. The van der Waals surface area contributed by atoms with Gasteiger partial charge in [0.1, 0.15) is 5.01 Å². The fourth-order valence-corrected chi connectivity index (χ4v) is 3.36. The van der Waals surface area contributed by atoms with E-state index in [0.29, 0.717) is 10.6 Å². The molecule has 0 spiro atoms. The van der Waals surface area contributed by atoms with Crippen LogP contribution in [0.3, 0.4) is 0 Å². The minimum Gasteiger partial charge on any atom is -0.192 e.